The van der Waals surface area contributed by atoms with E-state index < -0.39 is 0 Å². The normalized spacial score (nSPS) is 29.1. The molecule has 1 aliphatic heterocycles. The Bertz CT molecular complexity index is 429. The highest BCUT2D eigenvalue weighted by Gasteiger charge is 2.39. The van der Waals surface area contributed by atoms with Crippen LogP contribution in [0.5, 0.6) is 0 Å². The van der Waals surface area contributed by atoms with Crippen LogP contribution in [0.2, 0.25) is 0 Å². The molecule has 1 saturated carbocycles. The molecule has 5 nitrogen and oxygen atoms in total. The molecule has 0 radical (unpaired) electrons. The predicted octanol–water partition coefficient (Wildman–Crippen LogP) is 2.37. The molecule has 2 heterocycles. The number of methoxy groups -OCH3 is 1. The van der Waals surface area contributed by atoms with Crippen molar-refractivity contribution in [3.63, 3.8) is 0 Å². The van der Waals surface area contributed by atoms with Crippen LogP contribution >= 0.6 is 0 Å². The molecular formula is C15H25N3O2. The van der Waals surface area contributed by atoms with Gasteiger partial charge in [-0.1, -0.05) is 19.3 Å². The number of ether oxygens (including phenoxy) is 1. The minimum absolute atomic E-state index is 0.332. The average Bonchev–Trinajstić information content (AvgIpc) is 3.07. The molecule has 1 aliphatic carbocycles. The maximum atomic E-state index is 5.68. The number of hydrogen-bond donors (Lipinski definition) is 0. The summed E-state index contributed by atoms with van der Waals surface area (Å²) in [4.78, 5) is 2.63. The van der Waals surface area contributed by atoms with Gasteiger partial charge in [0.05, 0.1) is 12.5 Å². The summed E-state index contributed by atoms with van der Waals surface area (Å²) < 4.78 is 11.1. The van der Waals surface area contributed by atoms with Gasteiger partial charge in [0.1, 0.15) is 0 Å². The van der Waals surface area contributed by atoms with Crippen LogP contribution in [0.25, 0.3) is 0 Å². The highest BCUT2D eigenvalue weighted by atomic mass is 16.5. The molecule has 112 valence electrons. The zero-order valence-electron chi connectivity index (χ0n) is 12.5. The lowest BCUT2D eigenvalue weighted by Gasteiger charge is -2.31. The molecule has 1 saturated heterocycles. The fourth-order valence-electron chi connectivity index (χ4n) is 3.77. The van der Waals surface area contributed by atoms with E-state index in [1.807, 2.05) is 6.92 Å². The smallest absolute Gasteiger partial charge is 0.221 e. The zero-order valence-corrected chi connectivity index (χ0v) is 12.5. The maximum Gasteiger partial charge on any atom is 0.221 e. The van der Waals surface area contributed by atoms with E-state index in [1.54, 1.807) is 7.11 Å². The molecule has 0 aromatic carbocycles. The van der Waals surface area contributed by atoms with E-state index in [-0.39, 0.29) is 0 Å². The molecule has 1 aromatic rings. The fourth-order valence-corrected chi connectivity index (χ4v) is 3.77. The zero-order chi connectivity index (χ0) is 13.9. The van der Waals surface area contributed by atoms with E-state index in [0.717, 1.165) is 31.6 Å². The molecule has 1 aromatic heterocycles. The Hall–Kier alpha value is -0.940. The van der Waals surface area contributed by atoms with Crippen LogP contribution in [0.4, 0.5) is 0 Å². The topological polar surface area (TPSA) is 51.4 Å². The summed E-state index contributed by atoms with van der Waals surface area (Å²) >= 11 is 0. The lowest BCUT2D eigenvalue weighted by atomic mass is 9.94. The molecule has 0 spiro atoms. The number of likely N-dealkylation sites (tertiary alicyclic amines) is 1. The Kier molecular flexibility index (Phi) is 4.36. The van der Waals surface area contributed by atoms with Crippen molar-refractivity contribution < 1.29 is 9.15 Å². The molecule has 20 heavy (non-hydrogen) atoms. The van der Waals surface area contributed by atoms with Crippen molar-refractivity contribution >= 4 is 0 Å². The van der Waals surface area contributed by atoms with Crippen LogP contribution in [0.3, 0.4) is 0 Å². The first kappa shape index (κ1) is 14.0. The van der Waals surface area contributed by atoms with Crippen molar-refractivity contribution in [2.45, 2.75) is 51.0 Å². The van der Waals surface area contributed by atoms with Crippen molar-refractivity contribution in [1.29, 1.82) is 0 Å². The Morgan fingerprint density at radius 2 is 2.00 bits per heavy atom. The second-order valence-electron chi connectivity index (χ2n) is 6.23. The van der Waals surface area contributed by atoms with Crippen LogP contribution in [0.1, 0.15) is 49.8 Å². The molecule has 5 heteroatoms. The van der Waals surface area contributed by atoms with Crippen LogP contribution in [0.15, 0.2) is 4.42 Å². The van der Waals surface area contributed by atoms with Crippen LogP contribution in [-0.4, -0.2) is 47.9 Å². The first-order valence-corrected chi connectivity index (χ1v) is 7.81. The van der Waals surface area contributed by atoms with E-state index in [2.05, 4.69) is 15.1 Å². The Morgan fingerprint density at radius 1 is 1.20 bits per heavy atom. The third-order valence-electron chi connectivity index (χ3n) is 4.80. The minimum Gasteiger partial charge on any atom is -0.425 e. The van der Waals surface area contributed by atoms with Crippen molar-refractivity contribution in [3.05, 3.63) is 11.8 Å². The van der Waals surface area contributed by atoms with Crippen molar-refractivity contribution in [3.8, 4) is 0 Å². The number of nitrogens with zero attached hydrogens (tertiary/aromatic N) is 3. The van der Waals surface area contributed by atoms with Gasteiger partial charge in [-0.15, -0.1) is 10.2 Å². The van der Waals surface area contributed by atoms with Gasteiger partial charge in [0.25, 0.3) is 0 Å². The molecule has 0 N–H and O–H groups in total. The highest BCUT2D eigenvalue weighted by molar-refractivity contribution is 5.02. The summed E-state index contributed by atoms with van der Waals surface area (Å²) in [5.74, 6) is 2.26. The van der Waals surface area contributed by atoms with Crippen molar-refractivity contribution in [1.82, 2.24) is 15.1 Å². The van der Waals surface area contributed by atoms with Crippen LogP contribution < -0.4 is 0 Å². The monoisotopic (exact) mass is 279 g/mol. The van der Waals surface area contributed by atoms with Gasteiger partial charge in [0.2, 0.25) is 11.8 Å². The maximum absolute atomic E-state index is 5.68. The summed E-state index contributed by atoms with van der Waals surface area (Å²) in [6.07, 6.45) is 6.84. The second-order valence-corrected chi connectivity index (χ2v) is 6.23. The van der Waals surface area contributed by atoms with Gasteiger partial charge >= 0.3 is 0 Å². The minimum atomic E-state index is 0.332. The first-order chi connectivity index (χ1) is 9.78. The molecule has 2 atom stereocenters. The summed E-state index contributed by atoms with van der Waals surface area (Å²) in [5.41, 5.74) is 0. The van der Waals surface area contributed by atoms with Gasteiger partial charge < -0.3 is 9.15 Å². The fraction of sp³-hybridized carbons (Fsp3) is 0.867. The quantitative estimate of drug-likeness (QED) is 0.847. The van der Waals surface area contributed by atoms with E-state index >= 15 is 0 Å². The number of hydrogen-bond acceptors (Lipinski definition) is 5. The predicted molar refractivity (Wildman–Crippen MR) is 75.6 cm³/mol. The van der Waals surface area contributed by atoms with E-state index in [4.69, 9.17) is 9.15 Å². The molecule has 0 bridgehead atoms. The Labute approximate surface area is 120 Å². The molecular weight excluding hydrogens is 254 g/mol. The number of aryl methyl sites for hydroxylation is 1. The molecule has 0 unspecified atom stereocenters. The third kappa shape index (κ3) is 2.88. The van der Waals surface area contributed by atoms with Gasteiger partial charge in [0, 0.05) is 39.1 Å². The summed E-state index contributed by atoms with van der Waals surface area (Å²) in [5, 5.41) is 8.23. The van der Waals surface area contributed by atoms with E-state index in [1.165, 1.54) is 32.1 Å². The van der Waals surface area contributed by atoms with Crippen LogP contribution in [0, 0.1) is 12.8 Å². The Morgan fingerprint density at radius 3 is 2.65 bits per heavy atom. The average molecular weight is 279 g/mol. The number of rotatable bonds is 4. The highest BCUT2D eigenvalue weighted by Crippen LogP contribution is 2.36. The standard InChI is InChI=1S/C15H25N3O2/c1-11-16-17-15(20-11)14-9-18(8-12(14)10-19-2)13-6-4-3-5-7-13/h12-14H,3-10H2,1-2H3/t12-,14+/m0/s1. The molecule has 0 amide bonds. The molecule has 2 aliphatic rings. The number of aromatic nitrogens is 2. The van der Waals surface area contributed by atoms with Crippen LogP contribution in [-0.2, 0) is 4.74 Å². The van der Waals surface area contributed by atoms with Gasteiger partial charge in [0.15, 0.2) is 0 Å². The summed E-state index contributed by atoms with van der Waals surface area (Å²) in [6, 6.07) is 0.747. The summed E-state index contributed by atoms with van der Waals surface area (Å²) in [7, 11) is 1.78. The third-order valence-corrected chi connectivity index (χ3v) is 4.80. The Balaban J connectivity index is 1.71. The largest absolute Gasteiger partial charge is 0.425 e. The molecule has 2 fully saturated rings. The molecule has 3 rings (SSSR count). The van der Waals surface area contributed by atoms with Crippen molar-refractivity contribution in [2.24, 2.45) is 5.92 Å². The first-order valence-electron chi connectivity index (χ1n) is 7.81. The lowest BCUT2D eigenvalue weighted by molar-refractivity contribution is 0.134. The van der Waals surface area contributed by atoms with E-state index in [9.17, 15) is 0 Å². The summed E-state index contributed by atoms with van der Waals surface area (Å²) in [6.45, 7) is 4.77. The van der Waals surface area contributed by atoms with Gasteiger partial charge in [-0.05, 0) is 12.8 Å². The second kappa shape index (κ2) is 6.22. The van der Waals surface area contributed by atoms with Gasteiger partial charge in [-0.25, -0.2) is 0 Å². The van der Waals surface area contributed by atoms with Gasteiger partial charge in [-0.2, -0.15) is 0 Å². The lowest BCUT2D eigenvalue weighted by Crippen LogP contribution is -2.35. The van der Waals surface area contributed by atoms with Gasteiger partial charge in [-0.3, -0.25) is 4.90 Å². The van der Waals surface area contributed by atoms with Crippen molar-refractivity contribution in [2.75, 3.05) is 26.8 Å². The SMILES string of the molecule is COC[C@@H]1CN(C2CCCCC2)C[C@H]1c1nnc(C)o1. The van der Waals surface area contributed by atoms with E-state index in [0.29, 0.717) is 17.7 Å².